The Morgan fingerprint density at radius 1 is 1.23 bits per heavy atom. The SMILES string of the molecule is Cc1cc(CN2CCN(C(=O)c3ccc4c(c3)OCC(=O)N4)CC2)on1. The van der Waals surface area contributed by atoms with Crippen molar-refractivity contribution in [3.8, 4) is 5.75 Å². The van der Waals surface area contributed by atoms with Crippen LogP contribution in [0.5, 0.6) is 5.75 Å². The van der Waals surface area contributed by atoms with Crippen molar-refractivity contribution < 1.29 is 18.8 Å². The number of nitrogens with zero attached hydrogens (tertiary/aromatic N) is 3. The highest BCUT2D eigenvalue weighted by Crippen LogP contribution is 2.29. The van der Waals surface area contributed by atoms with Crippen molar-refractivity contribution >= 4 is 17.5 Å². The molecule has 3 heterocycles. The Labute approximate surface area is 150 Å². The van der Waals surface area contributed by atoms with Gasteiger partial charge in [-0.15, -0.1) is 0 Å². The fraction of sp³-hybridized carbons (Fsp3) is 0.389. The Morgan fingerprint density at radius 3 is 2.77 bits per heavy atom. The summed E-state index contributed by atoms with van der Waals surface area (Å²) in [4.78, 5) is 28.2. The summed E-state index contributed by atoms with van der Waals surface area (Å²) in [6.07, 6.45) is 0. The highest BCUT2D eigenvalue weighted by Gasteiger charge is 2.24. The normalized spacial score (nSPS) is 17.4. The number of fused-ring (bicyclic) bond motifs is 1. The second kappa shape index (κ2) is 6.80. The first-order chi connectivity index (χ1) is 12.6. The molecular weight excluding hydrogens is 336 g/mol. The maximum Gasteiger partial charge on any atom is 0.262 e. The smallest absolute Gasteiger partial charge is 0.262 e. The number of carbonyl (C=O) groups excluding carboxylic acids is 2. The molecule has 1 saturated heterocycles. The van der Waals surface area contributed by atoms with Crippen LogP contribution in [0.25, 0.3) is 0 Å². The van der Waals surface area contributed by atoms with E-state index in [1.165, 1.54) is 0 Å². The number of benzene rings is 1. The quantitative estimate of drug-likeness (QED) is 0.891. The molecule has 0 radical (unpaired) electrons. The lowest BCUT2D eigenvalue weighted by atomic mass is 10.1. The summed E-state index contributed by atoms with van der Waals surface area (Å²) in [7, 11) is 0. The summed E-state index contributed by atoms with van der Waals surface area (Å²) in [5.41, 5.74) is 2.05. The standard InChI is InChI=1S/C18H20N4O4/c1-12-8-14(26-20-12)10-21-4-6-22(7-5-21)18(24)13-2-3-15-16(9-13)25-11-17(23)19-15/h2-3,8-9H,4-7,10-11H2,1H3,(H,19,23). The van der Waals surface area contributed by atoms with Gasteiger partial charge in [-0.3, -0.25) is 14.5 Å². The van der Waals surface area contributed by atoms with Crippen molar-refractivity contribution in [2.45, 2.75) is 13.5 Å². The van der Waals surface area contributed by atoms with Crippen LogP contribution in [0.3, 0.4) is 0 Å². The van der Waals surface area contributed by atoms with Gasteiger partial charge in [-0.1, -0.05) is 5.16 Å². The van der Waals surface area contributed by atoms with Gasteiger partial charge in [0.1, 0.15) is 5.75 Å². The first kappa shape index (κ1) is 16.6. The van der Waals surface area contributed by atoms with Gasteiger partial charge in [0, 0.05) is 37.8 Å². The minimum atomic E-state index is -0.186. The van der Waals surface area contributed by atoms with Crippen molar-refractivity contribution in [1.82, 2.24) is 15.0 Å². The van der Waals surface area contributed by atoms with E-state index in [4.69, 9.17) is 9.26 Å². The molecule has 0 spiro atoms. The van der Waals surface area contributed by atoms with Crippen LogP contribution >= 0.6 is 0 Å². The lowest BCUT2D eigenvalue weighted by molar-refractivity contribution is -0.118. The third-order valence-electron chi connectivity index (χ3n) is 4.58. The molecule has 0 bridgehead atoms. The first-order valence-electron chi connectivity index (χ1n) is 8.59. The number of ether oxygens (including phenoxy) is 1. The molecule has 136 valence electrons. The number of nitrogens with one attached hydrogen (secondary N) is 1. The van der Waals surface area contributed by atoms with E-state index in [9.17, 15) is 9.59 Å². The van der Waals surface area contributed by atoms with Gasteiger partial charge < -0.3 is 19.5 Å². The van der Waals surface area contributed by atoms with Gasteiger partial charge in [-0.25, -0.2) is 0 Å². The van der Waals surface area contributed by atoms with Crippen LogP contribution in [0.1, 0.15) is 21.8 Å². The molecule has 0 unspecified atom stereocenters. The first-order valence-corrected chi connectivity index (χ1v) is 8.59. The molecule has 0 saturated carbocycles. The van der Waals surface area contributed by atoms with Crippen LogP contribution < -0.4 is 10.1 Å². The zero-order chi connectivity index (χ0) is 18.1. The van der Waals surface area contributed by atoms with Crippen molar-refractivity contribution in [3.05, 3.63) is 41.3 Å². The van der Waals surface area contributed by atoms with E-state index in [0.717, 1.165) is 24.5 Å². The molecule has 2 aliphatic heterocycles. The number of hydrogen-bond donors (Lipinski definition) is 1. The summed E-state index contributed by atoms with van der Waals surface area (Å²) in [5.74, 6) is 1.17. The summed E-state index contributed by atoms with van der Waals surface area (Å²) in [6.45, 7) is 5.45. The van der Waals surface area contributed by atoms with E-state index < -0.39 is 0 Å². The van der Waals surface area contributed by atoms with E-state index in [-0.39, 0.29) is 18.4 Å². The van der Waals surface area contributed by atoms with Crippen molar-refractivity contribution in [2.75, 3.05) is 38.1 Å². The van der Waals surface area contributed by atoms with E-state index in [0.29, 0.717) is 36.6 Å². The van der Waals surface area contributed by atoms with Crippen molar-refractivity contribution in [3.63, 3.8) is 0 Å². The number of aryl methyl sites for hydroxylation is 1. The molecule has 1 N–H and O–H groups in total. The maximum atomic E-state index is 12.8. The Morgan fingerprint density at radius 2 is 2.04 bits per heavy atom. The molecule has 2 aliphatic rings. The van der Waals surface area contributed by atoms with E-state index >= 15 is 0 Å². The summed E-state index contributed by atoms with van der Waals surface area (Å²) in [6, 6.07) is 7.06. The molecule has 0 atom stereocenters. The van der Waals surface area contributed by atoms with Crippen LogP contribution in [-0.2, 0) is 11.3 Å². The number of piperazine rings is 1. The molecule has 1 fully saturated rings. The summed E-state index contributed by atoms with van der Waals surface area (Å²) in [5, 5.41) is 6.63. The number of aromatic nitrogens is 1. The zero-order valence-electron chi connectivity index (χ0n) is 14.5. The average Bonchev–Trinajstić information content (AvgIpc) is 3.06. The molecule has 1 aromatic carbocycles. The number of amides is 2. The van der Waals surface area contributed by atoms with Gasteiger partial charge in [0.05, 0.1) is 17.9 Å². The molecule has 8 nitrogen and oxygen atoms in total. The highest BCUT2D eigenvalue weighted by molar-refractivity contribution is 5.99. The third-order valence-corrected chi connectivity index (χ3v) is 4.58. The maximum absolute atomic E-state index is 12.8. The summed E-state index contributed by atoms with van der Waals surface area (Å²) < 4.78 is 10.6. The Bertz CT molecular complexity index is 839. The minimum Gasteiger partial charge on any atom is -0.482 e. The van der Waals surface area contributed by atoms with Crippen LogP contribution in [0.4, 0.5) is 5.69 Å². The van der Waals surface area contributed by atoms with E-state index in [2.05, 4.69) is 15.4 Å². The predicted octanol–water partition coefficient (Wildman–Crippen LogP) is 1.27. The lowest BCUT2D eigenvalue weighted by Gasteiger charge is -2.34. The van der Waals surface area contributed by atoms with Gasteiger partial charge in [-0.2, -0.15) is 0 Å². The molecule has 4 rings (SSSR count). The van der Waals surface area contributed by atoms with E-state index in [1.807, 2.05) is 17.9 Å². The molecule has 2 aromatic rings. The lowest BCUT2D eigenvalue weighted by Crippen LogP contribution is -2.48. The third kappa shape index (κ3) is 3.41. The van der Waals surface area contributed by atoms with Crippen LogP contribution in [0.2, 0.25) is 0 Å². The number of rotatable bonds is 3. The van der Waals surface area contributed by atoms with Crippen LogP contribution in [0.15, 0.2) is 28.8 Å². The Balaban J connectivity index is 1.37. The Hall–Kier alpha value is -2.87. The molecular formula is C18H20N4O4. The fourth-order valence-corrected chi connectivity index (χ4v) is 3.21. The van der Waals surface area contributed by atoms with Gasteiger partial charge in [0.2, 0.25) is 0 Å². The van der Waals surface area contributed by atoms with Crippen LogP contribution in [0, 0.1) is 6.92 Å². The fourth-order valence-electron chi connectivity index (χ4n) is 3.21. The van der Waals surface area contributed by atoms with Crippen LogP contribution in [-0.4, -0.2) is 59.6 Å². The molecule has 2 amide bonds. The number of carbonyl (C=O) groups is 2. The topological polar surface area (TPSA) is 87.9 Å². The van der Waals surface area contributed by atoms with Gasteiger partial charge in [0.25, 0.3) is 11.8 Å². The second-order valence-electron chi connectivity index (χ2n) is 6.55. The summed E-state index contributed by atoms with van der Waals surface area (Å²) >= 11 is 0. The number of hydrogen-bond acceptors (Lipinski definition) is 6. The largest absolute Gasteiger partial charge is 0.482 e. The molecule has 0 aliphatic carbocycles. The van der Waals surface area contributed by atoms with Crippen molar-refractivity contribution in [1.29, 1.82) is 0 Å². The zero-order valence-corrected chi connectivity index (χ0v) is 14.5. The van der Waals surface area contributed by atoms with Gasteiger partial charge >= 0.3 is 0 Å². The molecule has 1 aromatic heterocycles. The van der Waals surface area contributed by atoms with Gasteiger partial charge in [-0.05, 0) is 25.1 Å². The molecule has 26 heavy (non-hydrogen) atoms. The number of anilines is 1. The highest BCUT2D eigenvalue weighted by atomic mass is 16.5. The minimum absolute atomic E-state index is 0.0234. The van der Waals surface area contributed by atoms with Crippen molar-refractivity contribution in [2.24, 2.45) is 0 Å². The van der Waals surface area contributed by atoms with Gasteiger partial charge in [0.15, 0.2) is 12.4 Å². The average molecular weight is 356 g/mol. The second-order valence-corrected chi connectivity index (χ2v) is 6.55. The molecule has 8 heteroatoms. The van der Waals surface area contributed by atoms with E-state index in [1.54, 1.807) is 18.2 Å². The predicted molar refractivity (Wildman–Crippen MR) is 93.0 cm³/mol. The monoisotopic (exact) mass is 356 g/mol. The Kier molecular flexibility index (Phi) is 4.34.